The highest BCUT2D eigenvalue weighted by atomic mass is 32.2. The molecular weight excluding hydrogens is 561 g/mol. The molecule has 1 fully saturated rings. The zero-order chi connectivity index (χ0) is 29.2. The van der Waals surface area contributed by atoms with Crippen molar-refractivity contribution in [1.29, 1.82) is 0 Å². The monoisotopic (exact) mass is 600 g/mol. The number of nitrogens with zero attached hydrogens (tertiary/aromatic N) is 1. The number of benzene rings is 1. The first-order chi connectivity index (χ1) is 18.8. The van der Waals surface area contributed by atoms with E-state index in [-0.39, 0.29) is 48.0 Å². The molecule has 0 saturated heterocycles. The minimum absolute atomic E-state index is 0.0155. The molecule has 2 atom stereocenters. The number of ether oxygens (including phenoxy) is 1. The van der Waals surface area contributed by atoms with Crippen LogP contribution in [0.25, 0.3) is 0 Å². The van der Waals surface area contributed by atoms with E-state index >= 15 is 0 Å². The maximum atomic E-state index is 13.3. The van der Waals surface area contributed by atoms with Crippen molar-refractivity contribution >= 4 is 27.1 Å². The van der Waals surface area contributed by atoms with Crippen LogP contribution in [0.15, 0.2) is 35.2 Å². The molecule has 11 heteroatoms. The average molecular weight is 601 g/mol. The Bertz CT molecular complexity index is 1270. The number of thiophene rings is 1. The van der Waals surface area contributed by atoms with Gasteiger partial charge in [-0.05, 0) is 66.8 Å². The molecule has 1 saturated carbocycles. The molecule has 0 bridgehead atoms. The Balaban J connectivity index is 1.43. The van der Waals surface area contributed by atoms with Crippen LogP contribution in [0.2, 0.25) is 0 Å². The molecule has 40 heavy (non-hydrogen) atoms. The van der Waals surface area contributed by atoms with Gasteiger partial charge in [0.25, 0.3) is 5.91 Å². The summed E-state index contributed by atoms with van der Waals surface area (Å²) in [5.74, 6) is -0.824. The van der Waals surface area contributed by atoms with Gasteiger partial charge in [-0.25, -0.2) is 8.42 Å². The Labute approximate surface area is 239 Å². The van der Waals surface area contributed by atoms with Crippen LogP contribution >= 0.6 is 11.3 Å². The normalized spacial score (nSPS) is 22.9. The van der Waals surface area contributed by atoms with Gasteiger partial charge in [0.05, 0.1) is 34.1 Å². The Morgan fingerprint density at radius 3 is 2.35 bits per heavy atom. The topological polar surface area (TPSA) is 75.7 Å². The summed E-state index contributed by atoms with van der Waals surface area (Å²) in [7, 11) is -1.77. The van der Waals surface area contributed by atoms with Crippen LogP contribution in [0.4, 0.5) is 13.2 Å². The Morgan fingerprint density at radius 2 is 1.80 bits per heavy atom. The molecule has 0 radical (unpaired) electrons. The number of alkyl halides is 3. The standard InChI is InChI=1S/C29H39F3N2O4S2/c1-5-40(36,37)23-12-8-20(9-13-23)24(17-38-4)33-28(35)25-14-21-16-34(26(18(2)3)27(21)39-25)15-19-6-10-22(11-7-19)29(30,31)32/h8-9,12-14,18-19,22,24,26H,5-7,10-11,15-17H2,1-4H3,(H,33,35)/t19?,22?,24-,26?/m0/s1. The molecule has 1 amide bonds. The maximum Gasteiger partial charge on any atom is 0.391 e. The SMILES string of the molecule is CCS(=O)(=O)c1ccc([C@H](COC)NC(=O)c2cc3c(s2)C(C(C)C)N(CC2CCC(C(F)(F)F)CC2)C3)cc1. The fourth-order valence-corrected chi connectivity index (χ4v) is 8.28. The summed E-state index contributed by atoms with van der Waals surface area (Å²) < 4.78 is 69.0. The highest BCUT2D eigenvalue weighted by molar-refractivity contribution is 7.91. The van der Waals surface area contributed by atoms with Gasteiger partial charge in [-0.15, -0.1) is 11.3 Å². The number of hydrogen-bond donors (Lipinski definition) is 1. The van der Waals surface area contributed by atoms with E-state index in [0.29, 0.717) is 30.2 Å². The van der Waals surface area contributed by atoms with E-state index in [4.69, 9.17) is 4.74 Å². The second-order valence-corrected chi connectivity index (χ2v) is 14.7. The molecule has 6 nitrogen and oxygen atoms in total. The van der Waals surface area contributed by atoms with Crippen molar-refractivity contribution < 1.29 is 31.1 Å². The first-order valence-electron chi connectivity index (χ1n) is 13.9. The fourth-order valence-electron chi connectivity index (χ4n) is 6.01. The largest absolute Gasteiger partial charge is 0.391 e. The van der Waals surface area contributed by atoms with Crippen molar-refractivity contribution in [1.82, 2.24) is 10.2 Å². The Hall–Kier alpha value is -1.95. The molecule has 1 aromatic heterocycles. The molecule has 1 aliphatic carbocycles. The van der Waals surface area contributed by atoms with Gasteiger partial charge in [0, 0.05) is 31.1 Å². The summed E-state index contributed by atoms with van der Waals surface area (Å²) in [5, 5.41) is 3.04. The van der Waals surface area contributed by atoms with E-state index in [1.165, 1.54) is 11.3 Å². The van der Waals surface area contributed by atoms with E-state index < -0.39 is 28.0 Å². The lowest BCUT2D eigenvalue weighted by atomic mass is 9.81. The number of halogens is 3. The lowest BCUT2D eigenvalue weighted by Crippen LogP contribution is -2.35. The van der Waals surface area contributed by atoms with Crippen molar-refractivity contribution in [3.05, 3.63) is 51.2 Å². The first kappa shape index (κ1) is 31.0. The van der Waals surface area contributed by atoms with Crippen LogP contribution in [0.5, 0.6) is 0 Å². The summed E-state index contributed by atoms with van der Waals surface area (Å²) in [5.41, 5.74) is 1.86. The highest BCUT2D eigenvalue weighted by Crippen LogP contribution is 2.46. The number of carbonyl (C=O) groups excluding carboxylic acids is 1. The van der Waals surface area contributed by atoms with Crippen LogP contribution < -0.4 is 5.32 Å². The van der Waals surface area contributed by atoms with Crippen LogP contribution in [-0.4, -0.2) is 51.4 Å². The van der Waals surface area contributed by atoms with Crippen molar-refractivity contribution in [2.75, 3.05) is 26.0 Å². The van der Waals surface area contributed by atoms with E-state index in [9.17, 15) is 26.4 Å². The summed E-state index contributed by atoms with van der Waals surface area (Å²) in [4.78, 5) is 17.7. The summed E-state index contributed by atoms with van der Waals surface area (Å²) >= 11 is 1.48. The number of amides is 1. The minimum atomic E-state index is -4.10. The third-order valence-electron chi connectivity index (χ3n) is 8.20. The zero-order valence-corrected chi connectivity index (χ0v) is 25.1. The third kappa shape index (κ3) is 6.91. The number of carbonyl (C=O) groups is 1. The minimum Gasteiger partial charge on any atom is -0.382 e. The second kappa shape index (κ2) is 12.5. The number of methoxy groups -OCH3 is 1. The summed E-state index contributed by atoms with van der Waals surface area (Å²) in [6, 6.07) is 8.14. The number of hydrogen-bond acceptors (Lipinski definition) is 6. The smallest absolute Gasteiger partial charge is 0.382 e. The molecule has 2 aromatic rings. The van der Waals surface area contributed by atoms with Crippen LogP contribution in [0.1, 0.15) is 84.2 Å². The molecule has 2 heterocycles. The van der Waals surface area contributed by atoms with Gasteiger partial charge in [-0.2, -0.15) is 13.2 Å². The third-order valence-corrected chi connectivity index (χ3v) is 11.2. The molecule has 1 N–H and O–H groups in total. The molecule has 1 aromatic carbocycles. The van der Waals surface area contributed by atoms with E-state index in [1.807, 2.05) is 6.07 Å². The molecular formula is C29H39F3N2O4S2. The van der Waals surface area contributed by atoms with E-state index in [0.717, 1.165) is 22.5 Å². The van der Waals surface area contributed by atoms with Crippen molar-refractivity contribution in [3.8, 4) is 0 Å². The zero-order valence-electron chi connectivity index (χ0n) is 23.5. The van der Waals surface area contributed by atoms with Crippen molar-refractivity contribution in [2.45, 2.75) is 76.2 Å². The Morgan fingerprint density at radius 1 is 1.15 bits per heavy atom. The molecule has 1 unspecified atom stereocenters. The number of fused-ring (bicyclic) bond motifs is 1. The van der Waals surface area contributed by atoms with Gasteiger partial charge < -0.3 is 10.1 Å². The number of sulfone groups is 1. The molecule has 0 spiro atoms. The lowest BCUT2D eigenvalue weighted by molar-refractivity contribution is -0.184. The van der Waals surface area contributed by atoms with Gasteiger partial charge in [-0.3, -0.25) is 9.69 Å². The van der Waals surface area contributed by atoms with Crippen molar-refractivity contribution in [2.24, 2.45) is 17.8 Å². The predicted molar refractivity (Wildman–Crippen MR) is 150 cm³/mol. The van der Waals surface area contributed by atoms with Crippen LogP contribution in [0, 0.1) is 17.8 Å². The first-order valence-corrected chi connectivity index (χ1v) is 16.4. The van der Waals surface area contributed by atoms with Gasteiger partial charge >= 0.3 is 6.18 Å². The van der Waals surface area contributed by atoms with Gasteiger partial charge in [0.1, 0.15) is 0 Å². The van der Waals surface area contributed by atoms with Crippen LogP contribution in [-0.2, 0) is 21.1 Å². The quantitative estimate of drug-likeness (QED) is 0.335. The van der Waals surface area contributed by atoms with Crippen molar-refractivity contribution in [3.63, 3.8) is 0 Å². The number of rotatable bonds is 10. The van der Waals surface area contributed by atoms with E-state index in [2.05, 4.69) is 24.1 Å². The van der Waals surface area contributed by atoms with Crippen LogP contribution in [0.3, 0.4) is 0 Å². The average Bonchev–Trinajstić information content (AvgIpc) is 3.46. The fraction of sp³-hybridized carbons (Fsp3) is 0.621. The molecule has 4 rings (SSSR count). The molecule has 2 aliphatic rings. The molecule has 222 valence electrons. The second-order valence-electron chi connectivity index (χ2n) is 11.3. The predicted octanol–water partition coefficient (Wildman–Crippen LogP) is 6.54. The summed E-state index contributed by atoms with van der Waals surface area (Å²) in [6.07, 6.45) is -2.49. The van der Waals surface area contributed by atoms with Gasteiger partial charge in [0.15, 0.2) is 9.84 Å². The maximum absolute atomic E-state index is 13.3. The summed E-state index contributed by atoms with van der Waals surface area (Å²) in [6.45, 7) is 7.58. The lowest BCUT2D eigenvalue weighted by Gasteiger charge is -2.35. The number of nitrogens with one attached hydrogen (secondary N) is 1. The molecule has 1 aliphatic heterocycles. The van der Waals surface area contributed by atoms with Gasteiger partial charge in [0.2, 0.25) is 0 Å². The van der Waals surface area contributed by atoms with E-state index in [1.54, 1.807) is 38.3 Å². The van der Waals surface area contributed by atoms with Gasteiger partial charge in [-0.1, -0.05) is 32.9 Å². The Kier molecular flexibility index (Phi) is 9.69. The highest BCUT2D eigenvalue weighted by Gasteiger charge is 2.43.